The number of benzene rings is 1. The number of hydrogen-bond donors (Lipinski definition) is 1. The highest BCUT2D eigenvalue weighted by Crippen LogP contribution is 2.16. The van der Waals surface area contributed by atoms with E-state index in [0.717, 1.165) is 0 Å². The molecule has 2 rings (SSSR count). The average Bonchev–Trinajstić information content (AvgIpc) is 2.88. The van der Waals surface area contributed by atoms with Gasteiger partial charge >= 0.3 is 5.97 Å². The molecule has 0 aliphatic rings. The molecule has 96 valence electrons. The van der Waals surface area contributed by atoms with E-state index in [-0.39, 0.29) is 0 Å². The number of carbonyl (C=O) groups is 1. The van der Waals surface area contributed by atoms with Crippen LogP contribution in [0.4, 0.5) is 5.69 Å². The van der Waals surface area contributed by atoms with Crippen LogP contribution in [-0.4, -0.2) is 22.4 Å². The predicted octanol–water partition coefficient (Wildman–Crippen LogP) is 1.50. The Hall–Kier alpha value is -2.81. The maximum atomic E-state index is 11.5. The fourth-order valence-electron chi connectivity index (χ4n) is 1.58. The molecule has 6 nitrogen and oxygen atoms in total. The topological polar surface area (TPSA) is 93.9 Å². The van der Waals surface area contributed by atoms with Crippen molar-refractivity contribution in [2.75, 3.05) is 12.3 Å². The zero-order valence-electron chi connectivity index (χ0n) is 10.3. The number of anilines is 1. The molecule has 0 aliphatic heterocycles. The SMILES string of the molecule is CCOC(=O)c1cnn(-c2ccc(C#N)c(N)c2)c1. The normalized spacial score (nSPS) is 9.89. The number of ether oxygens (including phenoxy) is 1. The second-order valence-electron chi connectivity index (χ2n) is 3.78. The molecule has 0 unspecified atom stereocenters. The van der Waals surface area contributed by atoms with Crippen molar-refractivity contribution >= 4 is 11.7 Å². The van der Waals surface area contributed by atoms with Crippen LogP contribution >= 0.6 is 0 Å². The van der Waals surface area contributed by atoms with E-state index in [1.165, 1.54) is 10.9 Å². The Morgan fingerprint density at radius 2 is 2.37 bits per heavy atom. The van der Waals surface area contributed by atoms with Crippen LogP contribution in [-0.2, 0) is 4.74 Å². The first-order valence-corrected chi connectivity index (χ1v) is 5.67. The summed E-state index contributed by atoms with van der Waals surface area (Å²) in [7, 11) is 0. The van der Waals surface area contributed by atoms with Crippen molar-refractivity contribution in [2.24, 2.45) is 0 Å². The third kappa shape index (κ3) is 2.55. The van der Waals surface area contributed by atoms with Gasteiger partial charge in [0, 0.05) is 6.20 Å². The number of nitrogens with zero attached hydrogens (tertiary/aromatic N) is 3. The van der Waals surface area contributed by atoms with Gasteiger partial charge in [-0.05, 0) is 25.1 Å². The lowest BCUT2D eigenvalue weighted by molar-refractivity contribution is 0.0526. The second-order valence-corrected chi connectivity index (χ2v) is 3.78. The van der Waals surface area contributed by atoms with E-state index < -0.39 is 5.97 Å². The number of carbonyl (C=O) groups excluding carboxylic acids is 1. The fourth-order valence-corrected chi connectivity index (χ4v) is 1.58. The zero-order valence-corrected chi connectivity index (χ0v) is 10.3. The lowest BCUT2D eigenvalue weighted by Crippen LogP contribution is -2.03. The Bertz CT molecular complexity index is 655. The smallest absolute Gasteiger partial charge is 0.341 e. The van der Waals surface area contributed by atoms with E-state index in [9.17, 15) is 4.79 Å². The highest BCUT2D eigenvalue weighted by molar-refractivity contribution is 5.88. The minimum absolute atomic E-state index is 0.313. The van der Waals surface area contributed by atoms with Gasteiger partial charge in [0.1, 0.15) is 6.07 Å². The van der Waals surface area contributed by atoms with Crippen molar-refractivity contribution in [3.05, 3.63) is 41.7 Å². The minimum Gasteiger partial charge on any atom is -0.462 e. The molecular formula is C13H12N4O2. The number of nitrogen functional groups attached to an aromatic ring is 1. The molecule has 0 aliphatic carbocycles. The van der Waals surface area contributed by atoms with E-state index in [2.05, 4.69) is 5.10 Å². The van der Waals surface area contributed by atoms with Gasteiger partial charge < -0.3 is 10.5 Å². The van der Waals surface area contributed by atoms with Crippen LogP contribution < -0.4 is 5.73 Å². The minimum atomic E-state index is -0.421. The molecule has 19 heavy (non-hydrogen) atoms. The number of rotatable bonds is 3. The van der Waals surface area contributed by atoms with Gasteiger partial charge in [-0.25, -0.2) is 9.48 Å². The van der Waals surface area contributed by atoms with Crippen LogP contribution in [0.5, 0.6) is 0 Å². The van der Waals surface area contributed by atoms with Gasteiger partial charge in [-0.3, -0.25) is 0 Å². The lowest BCUT2D eigenvalue weighted by atomic mass is 10.2. The Morgan fingerprint density at radius 3 is 3.00 bits per heavy atom. The summed E-state index contributed by atoms with van der Waals surface area (Å²) in [4.78, 5) is 11.5. The summed E-state index contributed by atoms with van der Waals surface area (Å²) < 4.78 is 6.38. The summed E-state index contributed by atoms with van der Waals surface area (Å²) in [6.45, 7) is 2.05. The van der Waals surface area contributed by atoms with E-state index in [1.54, 1.807) is 31.3 Å². The van der Waals surface area contributed by atoms with Crippen molar-refractivity contribution < 1.29 is 9.53 Å². The number of esters is 1. The van der Waals surface area contributed by atoms with Gasteiger partial charge in [0.05, 0.1) is 35.3 Å². The van der Waals surface area contributed by atoms with Gasteiger partial charge in [0.15, 0.2) is 0 Å². The highest BCUT2D eigenvalue weighted by Gasteiger charge is 2.10. The molecule has 0 bridgehead atoms. The molecule has 1 heterocycles. The van der Waals surface area contributed by atoms with Gasteiger partial charge in [0.25, 0.3) is 0 Å². The molecule has 0 atom stereocenters. The van der Waals surface area contributed by atoms with E-state index >= 15 is 0 Å². The van der Waals surface area contributed by atoms with Crippen molar-refractivity contribution in [3.8, 4) is 11.8 Å². The van der Waals surface area contributed by atoms with Crippen molar-refractivity contribution in [1.29, 1.82) is 5.26 Å². The van der Waals surface area contributed by atoms with Gasteiger partial charge in [-0.2, -0.15) is 10.4 Å². The lowest BCUT2D eigenvalue weighted by Gasteiger charge is -2.03. The Kier molecular flexibility index (Phi) is 3.48. The maximum absolute atomic E-state index is 11.5. The van der Waals surface area contributed by atoms with Crippen LogP contribution in [0.25, 0.3) is 5.69 Å². The summed E-state index contributed by atoms with van der Waals surface area (Å²) in [6, 6.07) is 6.92. The summed E-state index contributed by atoms with van der Waals surface area (Å²) in [5.41, 5.74) is 7.54. The monoisotopic (exact) mass is 256 g/mol. The number of hydrogen-bond acceptors (Lipinski definition) is 5. The van der Waals surface area contributed by atoms with Gasteiger partial charge in [0.2, 0.25) is 0 Å². The molecule has 0 saturated heterocycles. The molecule has 0 saturated carbocycles. The van der Waals surface area contributed by atoms with Crippen molar-refractivity contribution in [2.45, 2.75) is 6.92 Å². The Balaban J connectivity index is 2.31. The molecule has 0 radical (unpaired) electrons. The molecule has 1 aromatic heterocycles. The van der Waals surface area contributed by atoms with Gasteiger partial charge in [-0.1, -0.05) is 0 Å². The molecule has 0 spiro atoms. The van der Waals surface area contributed by atoms with E-state index in [0.29, 0.717) is 29.1 Å². The highest BCUT2D eigenvalue weighted by atomic mass is 16.5. The van der Waals surface area contributed by atoms with Crippen molar-refractivity contribution in [3.63, 3.8) is 0 Å². The largest absolute Gasteiger partial charge is 0.462 e. The summed E-state index contributed by atoms with van der Waals surface area (Å²) in [5, 5.41) is 12.9. The molecule has 2 N–H and O–H groups in total. The molecule has 6 heteroatoms. The molecule has 2 aromatic rings. The fraction of sp³-hybridized carbons (Fsp3) is 0.154. The summed E-state index contributed by atoms with van der Waals surface area (Å²) in [6.07, 6.45) is 2.98. The van der Waals surface area contributed by atoms with Crippen molar-refractivity contribution in [1.82, 2.24) is 9.78 Å². The number of nitrogens with two attached hydrogens (primary N) is 1. The second kappa shape index (κ2) is 5.23. The first kappa shape index (κ1) is 12.6. The standard InChI is InChI=1S/C13H12N4O2/c1-2-19-13(18)10-7-16-17(8-10)11-4-3-9(6-14)12(15)5-11/h3-5,7-8H,2,15H2,1H3. The third-order valence-electron chi connectivity index (χ3n) is 2.51. The van der Waals surface area contributed by atoms with Crippen LogP contribution in [0.3, 0.4) is 0 Å². The molecular weight excluding hydrogens is 244 g/mol. The predicted molar refractivity (Wildman–Crippen MR) is 68.6 cm³/mol. The maximum Gasteiger partial charge on any atom is 0.341 e. The Labute approximate surface area is 110 Å². The van der Waals surface area contributed by atoms with Crippen LogP contribution in [0.1, 0.15) is 22.8 Å². The first-order chi connectivity index (χ1) is 9.15. The van der Waals surface area contributed by atoms with Gasteiger partial charge in [-0.15, -0.1) is 0 Å². The van der Waals surface area contributed by atoms with Crippen LogP contribution in [0.15, 0.2) is 30.6 Å². The van der Waals surface area contributed by atoms with E-state index in [1.807, 2.05) is 6.07 Å². The summed E-state index contributed by atoms with van der Waals surface area (Å²) in [5.74, 6) is -0.421. The summed E-state index contributed by atoms with van der Waals surface area (Å²) >= 11 is 0. The van der Waals surface area contributed by atoms with Crippen LogP contribution in [0, 0.1) is 11.3 Å². The zero-order chi connectivity index (χ0) is 13.8. The van der Waals surface area contributed by atoms with E-state index in [4.69, 9.17) is 15.7 Å². The third-order valence-corrected chi connectivity index (χ3v) is 2.51. The van der Waals surface area contributed by atoms with Crippen LogP contribution in [0.2, 0.25) is 0 Å². The molecule has 0 amide bonds. The quantitative estimate of drug-likeness (QED) is 0.663. The first-order valence-electron chi connectivity index (χ1n) is 5.67. The average molecular weight is 256 g/mol. The molecule has 0 fully saturated rings. The molecule has 1 aromatic carbocycles. The Morgan fingerprint density at radius 1 is 1.58 bits per heavy atom. The number of nitriles is 1. The number of aromatic nitrogens is 2.